The largest absolute Gasteiger partial charge is 0.460 e. The van der Waals surface area contributed by atoms with Crippen LogP contribution in [0.15, 0.2) is 53.6 Å². The highest BCUT2D eigenvalue weighted by molar-refractivity contribution is 6.65. The van der Waals surface area contributed by atoms with Crippen molar-refractivity contribution in [2.45, 2.75) is 111 Å². The third-order valence-electron chi connectivity index (χ3n) is 7.19. The first-order valence-corrected chi connectivity index (χ1v) is 16.1. The highest BCUT2D eigenvalue weighted by Gasteiger charge is 2.28. The quantitative estimate of drug-likeness (QED) is 0.152. The summed E-state index contributed by atoms with van der Waals surface area (Å²) in [6, 6.07) is 5.57. The Morgan fingerprint density at radius 2 is 1.86 bits per heavy atom. The molecule has 1 aromatic carbocycles. The van der Waals surface area contributed by atoms with Crippen LogP contribution in [0, 0.1) is 5.92 Å². The SMILES string of the molecule is C=C(/C=C(\N=C(Cl)CCCC)N(C(=O)OC(C)(C)C)c1ccc2[nH]ncc2c1)N1CCCC(CCC(=O)OC(C)(C)C)CC1. The van der Waals surface area contributed by atoms with Crippen LogP contribution in [0.3, 0.4) is 0 Å². The molecule has 44 heavy (non-hydrogen) atoms. The van der Waals surface area contributed by atoms with E-state index in [2.05, 4.69) is 28.6 Å². The van der Waals surface area contributed by atoms with Gasteiger partial charge in [-0.15, -0.1) is 0 Å². The monoisotopic (exact) mass is 627 g/mol. The van der Waals surface area contributed by atoms with Gasteiger partial charge < -0.3 is 14.4 Å². The van der Waals surface area contributed by atoms with E-state index in [-0.39, 0.29) is 5.97 Å². The average Bonchev–Trinajstić information content (AvgIpc) is 3.24. The van der Waals surface area contributed by atoms with Gasteiger partial charge in [-0.1, -0.05) is 31.5 Å². The van der Waals surface area contributed by atoms with Crippen LogP contribution < -0.4 is 4.90 Å². The van der Waals surface area contributed by atoms with Crippen molar-refractivity contribution in [1.29, 1.82) is 0 Å². The molecule has 0 bridgehead atoms. The molecule has 1 atom stereocenters. The molecule has 0 saturated carbocycles. The fourth-order valence-corrected chi connectivity index (χ4v) is 5.27. The van der Waals surface area contributed by atoms with E-state index in [0.29, 0.717) is 35.4 Å². The first kappa shape index (κ1) is 35.2. The Kier molecular flexibility index (Phi) is 12.5. The van der Waals surface area contributed by atoms with Crippen molar-refractivity contribution in [2.24, 2.45) is 10.9 Å². The van der Waals surface area contributed by atoms with E-state index in [1.165, 1.54) is 4.90 Å². The lowest BCUT2D eigenvalue weighted by molar-refractivity contribution is -0.155. The van der Waals surface area contributed by atoms with E-state index in [1.807, 2.05) is 65.8 Å². The lowest BCUT2D eigenvalue weighted by Crippen LogP contribution is -2.36. The van der Waals surface area contributed by atoms with Gasteiger partial charge in [-0.05, 0) is 97.8 Å². The number of esters is 1. The zero-order valence-electron chi connectivity index (χ0n) is 27.5. The number of fused-ring (bicyclic) bond motifs is 1. The molecule has 1 fully saturated rings. The molecule has 1 amide bonds. The minimum Gasteiger partial charge on any atom is -0.460 e. The number of nitrogens with zero attached hydrogens (tertiary/aromatic N) is 4. The van der Waals surface area contributed by atoms with Crippen LogP contribution >= 0.6 is 11.6 Å². The topological polar surface area (TPSA) is 100 Å². The van der Waals surface area contributed by atoms with Crippen molar-refractivity contribution in [3.63, 3.8) is 0 Å². The number of halogens is 1. The van der Waals surface area contributed by atoms with Gasteiger partial charge in [-0.3, -0.25) is 9.89 Å². The molecule has 2 aromatic rings. The van der Waals surface area contributed by atoms with Gasteiger partial charge in [0.25, 0.3) is 0 Å². The van der Waals surface area contributed by atoms with Crippen LogP contribution in [0.2, 0.25) is 0 Å². The number of rotatable bonds is 11. The number of carbonyl (C=O) groups excluding carboxylic acids is 2. The van der Waals surface area contributed by atoms with Crippen molar-refractivity contribution in [2.75, 3.05) is 18.0 Å². The number of H-pyrrole nitrogens is 1. The van der Waals surface area contributed by atoms with Crippen LogP contribution in [-0.2, 0) is 14.3 Å². The van der Waals surface area contributed by atoms with Crippen LogP contribution in [0.25, 0.3) is 10.9 Å². The fourth-order valence-electron chi connectivity index (χ4n) is 5.05. The summed E-state index contributed by atoms with van der Waals surface area (Å²) in [5.41, 5.74) is 0.955. The van der Waals surface area contributed by atoms with Gasteiger partial charge in [0.05, 0.1) is 17.4 Å². The van der Waals surface area contributed by atoms with Crippen molar-refractivity contribution in [3.8, 4) is 0 Å². The maximum absolute atomic E-state index is 13.8. The van der Waals surface area contributed by atoms with E-state index in [0.717, 1.165) is 68.2 Å². The highest BCUT2D eigenvalue weighted by atomic mass is 35.5. The summed E-state index contributed by atoms with van der Waals surface area (Å²) in [7, 11) is 0. The Bertz CT molecular complexity index is 1350. The number of allylic oxidation sites excluding steroid dienone is 1. The van der Waals surface area contributed by atoms with Gasteiger partial charge in [0.1, 0.15) is 22.2 Å². The predicted molar refractivity (Wildman–Crippen MR) is 179 cm³/mol. The summed E-state index contributed by atoms with van der Waals surface area (Å²) in [4.78, 5) is 34.5. The lowest BCUT2D eigenvalue weighted by Gasteiger charge is -2.29. The van der Waals surface area contributed by atoms with Gasteiger partial charge >= 0.3 is 12.1 Å². The summed E-state index contributed by atoms with van der Waals surface area (Å²) in [6.07, 6.45) is 9.54. The molecule has 2 heterocycles. The molecule has 1 aromatic heterocycles. The molecule has 9 nitrogen and oxygen atoms in total. The maximum Gasteiger partial charge on any atom is 0.420 e. The molecule has 0 radical (unpaired) electrons. The molecule has 3 rings (SSSR count). The maximum atomic E-state index is 13.8. The second-order valence-electron chi connectivity index (χ2n) is 13.5. The van der Waals surface area contributed by atoms with Crippen molar-refractivity contribution < 1.29 is 19.1 Å². The zero-order chi connectivity index (χ0) is 32.5. The Hall–Kier alpha value is -3.33. The molecule has 242 valence electrons. The Balaban J connectivity index is 1.90. The van der Waals surface area contributed by atoms with Crippen LogP contribution in [0.1, 0.15) is 99.8 Å². The van der Waals surface area contributed by atoms with Gasteiger partial charge in [-0.2, -0.15) is 5.10 Å². The summed E-state index contributed by atoms with van der Waals surface area (Å²) in [6.45, 7) is 19.2. The third-order valence-corrected chi connectivity index (χ3v) is 7.46. The molecule has 10 heteroatoms. The molecular weight excluding hydrogens is 578 g/mol. The second-order valence-corrected chi connectivity index (χ2v) is 13.9. The number of aromatic amines is 1. The highest BCUT2D eigenvalue weighted by Crippen LogP contribution is 2.30. The number of amides is 1. The van der Waals surface area contributed by atoms with E-state index in [4.69, 9.17) is 26.1 Å². The number of hydrogen-bond acceptors (Lipinski definition) is 7. The minimum atomic E-state index is -0.730. The fraction of sp³-hybridized carbons (Fsp3) is 0.588. The smallest absolute Gasteiger partial charge is 0.420 e. The number of likely N-dealkylation sites (tertiary alicyclic amines) is 1. The summed E-state index contributed by atoms with van der Waals surface area (Å²) in [5, 5.41) is 8.33. The summed E-state index contributed by atoms with van der Waals surface area (Å²) in [5.74, 6) is 0.605. The minimum absolute atomic E-state index is 0.149. The molecule has 0 spiro atoms. The van der Waals surface area contributed by atoms with Crippen LogP contribution in [0.4, 0.5) is 10.5 Å². The zero-order valence-corrected chi connectivity index (χ0v) is 28.3. The number of aliphatic imine (C=N–C) groups is 1. The number of hydrogen-bond donors (Lipinski definition) is 1. The molecule has 1 aliphatic rings. The van der Waals surface area contributed by atoms with E-state index < -0.39 is 17.3 Å². The van der Waals surface area contributed by atoms with E-state index in [1.54, 1.807) is 6.20 Å². The Morgan fingerprint density at radius 3 is 2.55 bits per heavy atom. The van der Waals surface area contributed by atoms with E-state index in [9.17, 15) is 9.59 Å². The second kappa shape index (κ2) is 15.6. The van der Waals surface area contributed by atoms with Crippen molar-refractivity contribution >= 4 is 45.4 Å². The molecule has 1 unspecified atom stereocenters. The van der Waals surface area contributed by atoms with Gasteiger partial charge in [-0.25, -0.2) is 14.7 Å². The Labute approximate surface area is 267 Å². The molecule has 1 aliphatic heterocycles. The number of benzene rings is 1. The van der Waals surface area contributed by atoms with E-state index >= 15 is 0 Å². The third kappa shape index (κ3) is 11.3. The number of carbonyl (C=O) groups is 2. The number of ether oxygens (including phenoxy) is 2. The lowest BCUT2D eigenvalue weighted by atomic mass is 9.95. The number of nitrogens with one attached hydrogen (secondary N) is 1. The predicted octanol–water partition coefficient (Wildman–Crippen LogP) is 8.71. The van der Waals surface area contributed by atoms with Crippen molar-refractivity contribution in [3.05, 3.63) is 48.6 Å². The van der Waals surface area contributed by atoms with Crippen LogP contribution in [-0.4, -0.2) is 56.6 Å². The normalized spacial score (nSPS) is 16.9. The summed E-state index contributed by atoms with van der Waals surface area (Å²) < 4.78 is 11.4. The van der Waals surface area contributed by atoms with Gasteiger partial charge in [0.2, 0.25) is 0 Å². The first-order valence-electron chi connectivity index (χ1n) is 15.7. The van der Waals surface area contributed by atoms with Gasteiger partial charge in [0.15, 0.2) is 0 Å². The number of aromatic nitrogens is 2. The van der Waals surface area contributed by atoms with Crippen LogP contribution in [0.5, 0.6) is 0 Å². The van der Waals surface area contributed by atoms with Gasteiger partial charge in [0, 0.05) is 43.1 Å². The number of anilines is 1. The standard InChI is InChI=1S/C34H50ClN5O4/c1-9-10-13-29(35)37-30(40(32(42)44-34(6,7)8)27-15-16-28-26(22-27)23-36-38-28)21-24(2)39-19-11-12-25(18-20-39)14-17-31(41)43-33(3,4)5/h15-16,21-23,25H,2,9-14,17-20H2,1,3-8H3,(H,36,38)/b30-21+,37-29?. The first-order chi connectivity index (χ1) is 20.6. The molecule has 0 aliphatic carbocycles. The number of unbranched alkanes of at least 4 members (excludes halogenated alkanes) is 1. The molecule has 1 N–H and O–H groups in total. The molecular formula is C34H50ClN5O4. The average molecular weight is 628 g/mol. The Morgan fingerprint density at radius 1 is 1.14 bits per heavy atom. The summed E-state index contributed by atoms with van der Waals surface area (Å²) >= 11 is 6.65. The molecule has 1 saturated heterocycles. The van der Waals surface area contributed by atoms with Crippen molar-refractivity contribution in [1.82, 2.24) is 15.1 Å².